The normalized spacial score (nSPS) is 29.1. The summed E-state index contributed by atoms with van der Waals surface area (Å²) in [6, 6.07) is 0.296. The van der Waals surface area contributed by atoms with Crippen LogP contribution in [-0.4, -0.2) is 49.1 Å². The van der Waals surface area contributed by atoms with Crippen LogP contribution >= 0.6 is 0 Å². The molecular weight excluding hydrogens is 304 g/mol. The van der Waals surface area contributed by atoms with Gasteiger partial charge in [0.1, 0.15) is 0 Å². The van der Waals surface area contributed by atoms with Crippen LogP contribution in [0.15, 0.2) is 12.2 Å². The molecule has 3 rings (SSSR count). The van der Waals surface area contributed by atoms with E-state index in [2.05, 4.69) is 17.5 Å². The average molecular weight is 334 g/mol. The van der Waals surface area contributed by atoms with E-state index < -0.39 is 0 Å². The van der Waals surface area contributed by atoms with Crippen LogP contribution in [0, 0.1) is 11.8 Å². The highest BCUT2D eigenvalue weighted by Crippen LogP contribution is 2.29. The fraction of sp³-hybridized carbons (Fsp3) is 0.789. The summed E-state index contributed by atoms with van der Waals surface area (Å²) in [6.45, 7) is 2.51. The van der Waals surface area contributed by atoms with Crippen molar-refractivity contribution in [3.63, 3.8) is 0 Å². The van der Waals surface area contributed by atoms with Crippen LogP contribution in [-0.2, 0) is 14.3 Å². The lowest BCUT2D eigenvalue weighted by atomic mass is 9.81. The highest BCUT2D eigenvalue weighted by molar-refractivity contribution is 5.88. The monoisotopic (exact) mass is 334 g/mol. The van der Waals surface area contributed by atoms with Gasteiger partial charge >= 0.3 is 0 Å². The molecule has 134 valence electrons. The second-order valence-corrected chi connectivity index (χ2v) is 7.29. The Hall–Kier alpha value is -1.36. The fourth-order valence-electron chi connectivity index (χ4n) is 4.13. The zero-order valence-electron chi connectivity index (χ0n) is 14.5. The van der Waals surface area contributed by atoms with Crippen molar-refractivity contribution >= 4 is 11.8 Å². The Labute approximate surface area is 144 Å². The quantitative estimate of drug-likeness (QED) is 0.636. The lowest BCUT2D eigenvalue weighted by Gasteiger charge is -2.34. The number of morpholine rings is 1. The molecule has 3 aliphatic rings. The third kappa shape index (κ3) is 4.38. The molecule has 24 heavy (non-hydrogen) atoms. The van der Waals surface area contributed by atoms with Gasteiger partial charge in [-0.15, -0.1) is 0 Å². The second-order valence-electron chi connectivity index (χ2n) is 7.29. The maximum Gasteiger partial charge on any atom is 0.226 e. The number of allylic oxidation sites excluding steroid dienone is 2. The van der Waals surface area contributed by atoms with Gasteiger partial charge in [-0.3, -0.25) is 9.59 Å². The van der Waals surface area contributed by atoms with Crippen molar-refractivity contribution in [3.05, 3.63) is 12.2 Å². The van der Waals surface area contributed by atoms with Crippen molar-refractivity contribution in [1.29, 1.82) is 0 Å². The minimum absolute atomic E-state index is 0.0814. The molecule has 2 aliphatic carbocycles. The minimum Gasteiger partial charge on any atom is -0.378 e. The van der Waals surface area contributed by atoms with Crippen molar-refractivity contribution in [2.75, 3.05) is 26.3 Å². The molecule has 5 nitrogen and oxygen atoms in total. The van der Waals surface area contributed by atoms with Gasteiger partial charge in [-0.25, -0.2) is 0 Å². The predicted octanol–water partition coefficient (Wildman–Crippen LogP) is 2.27. The number of carbonyl (C=O) groups is 2. The molecule has 1 aliphatic heterocycles. The average Bonchev–Trinajstić information content (AvgIpc) is 2.90. The topological polar surface area (TPSA) is 58.6 Å². The number of carbonyl (C=O) groups excluding carboxylic acids is 2. The van der Waals surface area contributed by atoms with Crippen molar-refractivity contribution in [2.45, 2.75) is 57.4 Å². The summed E-state index contributed by atoms with van der Waals surface area (Å²) < 4.78 is 5.34. The van der Waals surface area contributed by atoms with E-state index in [0.717, 1.165) is 12.8 Å². The van der Waals surface area contributed by atoms with Gasteiger partial charge in [0.25, 0.3) is 0 Å². The summed E-state index contributed by atoms with van der Waals surface area (Å²) in [5, 5.41) is 3.25. The highest BCUT2D eigenvalue weighted by Gasteiger charge is 2.37. The summed E-state index contributed by atoms with van der Waals surface area (Å²) in [6.07, 6.45) is 12.6. The van der Waals surface area contributed by atoms with Crippen LogP contribution in [0.5, 0.6) is 0 Å². The summed E-state index contributed by atoms with van der Waals surface area (Å²) in [7, 11) is 0. The molecular formula is C19H30N2O3. The first-order valence-corrected chi connectivity index (χ1v) is 9.57. The summed E-state index contributed by atoms with van der Waals surface area (Å²) in [5.74, 6) is -0.214. The van der Waals surface area contributed by atoms with Crippen molar-refractivity contribution in [1.82, 2.24) is 10.2 Å². The van der Waals surface area contributed by atoms with Crippen LogP contribution in [0.3, 0.4) is 0 Å². The van der Waals surface area contributed by atoms with Crippen LogP contribution in [0.1, 0.15) is 51.4 Å². The zero-order chi connectivity index (χ0) is 16.8. The van der Waals surface area contributed by atoms with Crippen LogP contribution in [0.4, 0.5) is 0 Å². The van der Waals surface area contributed by atoms with Crippen molar-refractivity contribution in [3.8, 4) is 0 Å². The maximum absolute atomic E-state index is 12.9. The Morgan fingerprint density at radius 1 is 0.917 bits per heavy atom. The lowest BCUT2D eigenvalue weighted by molar-refractivity contribution is -0.145. The van der Waals surface area contributed by atoms with Gasteiger partial charge in [0.05, 0.1) is 25.0 Å². The number of hydrogen-bond donors (Lipinski definition) is 1. The van der Waals surface area contributed by atoms with Gasteiger partial charge in [-0.05, 0) is 25.7 Å². The summed E-state index contributed by atoms with van der Waals surface area (Å²) in [5.41, 5.74) is 0. The first-order chi connectivity index (χ1) is 11.8. The third-order valence-electron chi connectivity index (χ3n) is 5.61. The number of rotatable bonds is 3. The number of nitrogens with zero attached hydrogens (tertiary/aromatic N) is 1. The van der Waals surface area contributed by atoms with E-state index in [1.54, 1.807) is 0 Å². The maximum atomic E-state index is 12.9. The van der Waals surface area contributed by atoms with E-state index in [9.17, 15) is 9.59 Å². The van der Waals surface area contributed by atoms with E-state index in [-0.39, 0.29) is 23.7 Å². The molecule has 0 bridgehead atoms. The predicted molar refractivity (Wildman–Crippen MR) is 92.4 cm³/mol. The Morgan fingerprint density at radius 3 is 2.21 bits per heavy atom. The third-order valence-corrected chi connectivity index (χ3v) is 5.61. The summed E-state index contributed by atoms with van der Waals surface area (Å²) in [4.78, 5) is 27.6. The largest absolute Gasteiger partial charge is 0.378 e. The van der Waals surface area contributed by atoms with Crippen molar-refractivity contribution < 1.29 is 14.3 Å². The van der Waals surface area contributed by atoms with E-state index in [0.29, 0.717) is 45.2 Å². The van der Waals surface area contributed by atoms with E-state index in [4.69, 9.17) is 4.74 Å². The van der Waals surface area contributed by atoms with Gasteiger partial charge in [-0.1, -0.05) is 37.8 Å². The fourth-order valence-corrected chi connectivity index (χ4v) is 4.13. The molecule has 1 saturated heterocycles. The summed E-state index contributed by atoms with van der Waals surface area (Å²) >= 11 is 0. The van der Waals surface area contributed by atoms with E-state index in [1.165, 1.54) is 25.7 Å². The smallest absolute Gasteiger partial charge is 0.226 e. The highest BCUT2D eigenvalue weighted by atomic mass is 16.5. The molecule has 2 fully saturated rings. The van der Waals surface area contributed by atoms with Gasteiger partial charge < -0.3 is 15.0 Å². The Kier molecular flexibility index (Phi) is 6.30. The molecule has 0 aromatic rings. The van der Waals surface area contributed by atoms with Crippen LogP contribution in [0.25, 0.3) is 0 Å². The zero-order valence-corrected chi connectivity index (χ0v) is 14.5. The van der Waals surface area contributed by atoms with Gasteiger partial charge in [0, 0.05) is 19.1 Å². The number of nitrogens with one attached hydrogen (secondary N) is 1. The molecule has 5 heteroatoms. The number of amides is 2. The molecule has 0 spiro atoms. The number of hydrogen-bond acceptors (Lipinski definition) is 3. The lowest BCUT2D eigenvalue weighted by Crippen LogP contribution is -2.49. The van der Waals surface area contributed by atoms with E-state index in [1.807, 2.05) is 4.90 Å². The second kappa shape index (κ2) is 8.65. The first kappa shape index (κ1) is 17.5. The Bertz CT molecular complexity index is 463. The Balaban J connectivity index is 1.61. The van der Waals surface area contributed by atoms with Crippen LogP contribution in [0.2, 0.25) is 0 Å². The molecule has 2 atom stereocenters. The standard InChI is InChI=1S/C19H30N2O3/c22-18(20-15-7-3-1-2-4-8-15)16-9-5-6-10-17(16)19(23)21-11-13-24-14-12-21/h5-6,15-17H,1-4,7-14H2,(H,20,22)/t16-,17+/m1/s1. The minimum atomic E-state index is -0.214. The van der Waals surface area contributed by atoms with E-state index >= 15 is 0 Å². The van der Waals surface area contributed by atoms with Gasteiger partial charge in [-0.2, -0.15) is 0 Å². The van der Waals surface area contributed by atoms with Crippen LogP contribution < -0.4 is 5.32 Å². The molecule has 1 saturated carbocycles. The molecule has 2 amide bonds. The molecule has 0 aromatic heterocycles. The number of ether oxygens (including phenoxy) is 1. The van der Waals surface area contributed by atoms with Gasteiger partial charge in [0.15, 0.2) is 0 Å². The molecule has 0 aromatic carbocycles. The Morgan fingerprint density at radius 2 is 1.54 bits per heavy atom. The van der Waals surface area contributed by atoms with Crippen molar-refractivity contribution in [2.24, 2.45) is 11.8 Å². The first-order valence-electron chi connectivity index (χ1n) is 9.57. The molecule has 1 N–H and O–H groups in total. The molecule has 0 radical (unpaired) electrons. The SMILES string of the molecule is O=C(NC1CCCCCC1)[C@@H]1CC=CC[C@@H]1C(=O)N1CCOCC1. The van der Waals surface area contributed by atoms with Gasteiger partial charge in [0.2, 0.25) is 11.8 Å². The molecule has 1 heterocycles. The molecule has 0 unspecified atom stereocenters.